The minimum absolute atomic E-state index is 0.270. The number of H-pyrrole nitrogens is 2. The molecule has 0 saturated carbocycles. The Hall–Kier alpha value is -6.91. The van der Waals surface area contributed by atoms with Gasteiger partial charge in [0.1, 0.15) is 90.2 Å². The molecule has 0 radical (unpaired) electrons. The van der Waals surface area contributed by atoms with E-state index in [9.17, 15) is 61.3 Å². The molecule has 84 heavy (non-hydrogen) atoms. The summed E-state index contributed by atoms with van der Waals surface area (Å²) in [6.45, 7) is -1.79. The molecule has 5 aliphatic heterocycles. The second kappa shape index (κ2) is 24.2. The number of aromatic nitrogens is 4. The van der Waals surface area contributed by atoms with Crippen LogP contribution in [0.1, 0.15) is 22.8 Å². The number of fused-ring (bicyclic) bond motifs is 8. The van der Waals surface area contributed by atoms with Crippen LogP contribution in [0.4, 0.5) is 0 Å². The van der Waals surface area contributed by atoms with Crippen LogP contribution in [0.2, 0.25) is 0 Å². The highest BCUT2D eigenvalue weighted by Crippen LogP contribution is 2.41. The van der Waals surface area contributed by atoms with Gasteiger partial charge in [-0.25, -0.2) is 4.98 Å². The minimum Gasteiger partial charge on any atom is -0.462 e. The molecule has 3 fully saturated rings. The first-order valence-corrected chi connectivity index (χ1v) is 28.3. The van der Waals surface area contributed by atoms with Gasteiger partial charge in [0.15, 0.2) is 0 Å². The lowest BCUT2D eigenvalue weighted by Crippen LogP contribution is -2.60. The van der Waals surface area contributed by atoms with Crippen LogP contribution in [-0.4, -0.2) is 192 Å². The van der Waals surface area contributed by atoms with Gasteiger partial charge in [0.2, 0.25) is 12.6 Å². The first kappa shape index (κ1) is 57.5. The van der Waals surface area contributed by atoms with Crippen molar-refractivity contribution in [2.45, 2.75) is 109 Å². The van der Waals surface area contributed by atoms with Crippen molar-refractivity contribution >= 4 is 46.0 Å². The van der Waals surface area contributed by atoms with E-state index in [0.717, 1.165) is 67.6 Å². The molecule has 438 valence electrons. The quantitative estimate of drug-likeness (QED) is 0.0788. The molecule has 0 aliphatic carbocycles. The number of aliphatic hydroxyl groups excluding tert-OH is 12. The van der Waals surface area contributed by atoms with Crippen LogP contribution in [0.5, 0.6) is 11.5 Å². The average Bonchev–Trinajstić information content (AvgIpc) is 4.57. The molecule has 3 aromatic heterocycles. The number of nitrogens with one attached hydrogen (secondary N) is 2. The van der Waals surface area contributed by atoms with E-state index in [1.165, 1.54) is 0 Å². The molecule has 15 atom stereocenters. The topological polar surface area (TPSA) is 346 Å². The largest absolute Gasteiger partial charge is 0.462 e. The second-order valence-corrected chi connectivity index (χ2v) is 22.3. The lowest BCUT2D eigenvalue weighted by molar-refractivity contribution is -0.277. The SMILES string of the molecule is OC[C@H]1O[C@@H](Oc2ccc(-c3c4nc(c(-c5ccc(S[C@@H]6O[C@H](CO)[C@H](O)[C@H](O)[C@@H]6O)cc5)c5ccc([nH]5)c(-c5ccc(O[C@H]6O[C@H](CO)[C@H](O)[C@H](O)[C@@H]6O)cc5)c5nc(c(-c6ccccc6)c6ccc3[nH]6)C=C5)CC4)cc2)[C@@H](O)[C@@H](O)[C@H]1O. The average molecular weight is 1170 g/mol. The molecule has 5 aliphatic rings. The summed E-state index contributed by atoms with van der Waals surface area (Å²) in [4.78, 5) is 19.0. The number of benzene rings is 4. The summed E-state index contributed by atoms with van der Waals surface area (Å²) < 4.78 is 29.1. The van der Waals surface area contributed by atoms with Crippen molar-refractivity contribution in [3.05, 3.63) is 150 Å². The van der Waals surface area contributed by atoms with Crippen molar-refractivity contribution in [1.82, 2.24) is 19.9 Å². The molecule has 21 nitrogen and oxygen atoms in total. The first-order valence-electron chi connectivity index (χ1n) is 27.4. The fourth-order valence-electron chi connectivity index (χ4n) is 11.3. The smallest absolute Gasteiger partial charge is 0.229 e. The number of aromatic amines is 2. The van der Waals surface area contributed by atoms with Crippen LogP contribution < -0.4 is 9.47 Å². The number of thioether (sulfide) groups is 1. The summed E-state index contributed by atoms with van der Waals surface area (Å²) in [5.41, 5.74) is 10.8. The molecule has 12 rings (SSSR count). The van der Waals surface area contributed by atoms with Gasteiger partial charge in [-0.15, -0.1) is 0 Å². The van der Waals surface area contributed by atoms with Crippen molar-refractivity contribution in [3.8, 4) is 56.0 Å². The minimum atomic E-state index is -1.63. The van der Waals surface area contributed by atoms with E-state index in [-0.39, 0.29) is 11.5 Å². The molecular weight excluding hydrogens is 1100 g/mol. The summed E-state index contributed by atoms with van der Waals surface area (Å²) in [5.74, 6) is 0.549. The van der Waals surface area contributed by atoms with Crippen LogP contribution in [0.3, 0.4) is 0 Å². The maximum atomic E-state index is 10.9. The summed E-state index contributed by atoms with van der Waals surface area (Å²) in [6.07, 6.45) is -15.4. The number of aliphatic hydroxyl groups is 12. The number of nitrogens with zero attached hydrogens (tertiary/aromatic N) is 2. The Kier molecular flexibility index (Phi) is 16.6. The second-order valence-electron chi connectivity index (χ2n) is 21.2. The van der Waals surface area contributed by atoms with Gasteiger partial charge in [-0.2, -0.15) is 0 Å². The predicted molar refractivity (Wildman–Crippen MR) is 307 cm³/mol. The number of hydrogen-bond acceptors (Lipinski definition) is 20. The number of rotatable bonds is 13. The third-order valence-electron chi connectivity index (χ3n) is 15.8. The van der Waals surface area contributed by atoms with E-state index in [1.807, 2.05) is 115 Å². The lowest BCUT2D eigenvalue weighted by atomic mass is 9.99. The monoisotopic (exact) mass is 1170 g/mol. The van der Waals surface area contributed by atoms with Crippen molar-refractivity contribution < 1.29 is 85.0 Å². The molecule has 4 aromatic carbocycles. The molecular formula is C62H62N4O17S. The molecule has 22 heteroatoms. The Balaban J connectivity index is 1.02. The third kappa shape index (κ3) is 11.1. The third-order valence-corrected chi connectivity index (χ3v) is 17.0. The van der Waals surface area contributed by atoms with E-state index >= 15 is 0 Å². The summed E-state index contributed by atoms with van der Waals surface area (Å²) in [6, 6.07) is 39.4. The van der Waals surface area contributed by atoms with Gasteiger partial charge in [-0.1, -0.05) is 78.5 Å². The maximum absolute atomic E-state index is 10.9. The fraction of sp³-hybridized carbons (Fsp3) is 0.323. The summed E-state index contributed by atoms with van der Waals surface area (Å²) in [5, 5.41) is 125. The van der Waals surface area contributed by atoms with Gasteiger partial charge in [0.05, 0.1) is 42.6 Å². The zero-order valence-corrected chi connectivity index (χ0v) is 45.5. The molecule has 8 bridgehead atoms. The van der Waals surface area contributed by atoms with Crippen molar-refractivity contribution in [2.75, 3.05) is 19.8 Å². The van der Waals surface area contributed by atoms with Crippen LogP contribution in [0.25, 0.3) is 78.7 Å². The number of hydrogen-bond donors (Lipinski definition) is 14. The molecule has 0 spiro atoms. The highest BCUT2D eigenvalue weighted by atomic mass is 32.2. The number of ether oxygens (including phenoxy) is 5. The normalized spacial score (nSPS) is 28.7. The van der Waals surface area contributed by atoms with Gasteiger partial charge in [0.25, 0.3) is 0 Å². The Morgan fingerprint density at radius 1 is 0.405 bits per heavy atom. The van der Waals surface area contributed by atoms with Crippen molar-refractivity contribution in [1.29, 1.82) is 0 Å². The van der Waals surface area contributed by atoms with Gasteiger partial charge in [-0.3, -0.25) is 4.98 Å². The van der Waals surface area contributed by atoms with Crippen LogP contribution in [0.15, 0.2) is 132 Å². The van der Waals surface area contributed by atoms with E-state index < -0.39 is 111 Å². The van der Waals surface area contributed by atoms with E-state index in [1.54, 1.807) is 24.3 Å². The van der Waals surface area contributed by atoms with Crippen LogP contribution in [-0.2, 0) is 27.1 Å². The molecule has 14 N–H and O–H groups in total. The molecule has 7 aromatic rings. The van der Waals surface area contributed by atoms with E-state index in [2.05, 4.69) is 9.97 Å². The molecule has 3 saturated heterocycles. The van der Waals surface area contributed by atoms with Crippen LogP contribution >= 0.6 is 11.8 Å². The highest BCUT2D eigenvalue weighted by molar-refractivity contribution is 7.99. The lowest BCUT2D eigenvalue weighted by Gasteiger charge is -2.39. The Morgan fingerprint density at radius 2 is 0.786 bits per heavy atom. The summed E-state index contributed by atoms with van der Waals surface area (Å²) >= 11 is 1.13. The van der Waals surface area contributed by atoms with Crippen molar-refractivity contribution in [2.24, 2.45) is 0 Å². The Labute approximate surface area is 483 Å². The van der Waals surface area contributed by atoms with Crippen LogP contribution in [0, 0.1) is 0 Å². The Morgan fingerprint density at radius 3 is 1.23 bits per heavy atom. The summed E-state index contributed by atoms with van der Waals surface area (Å²) in [7, 11) is 0. The Bertz CT molecular complexity index is 3680. The van der Waals surface area contributed by atoms with Gasteiger partial charge in [0, 0.05) is 49.2 Å². The zero-order valence-electron chi connectivity index (χ0n) is 44.7. The molecule has 8 heterocycles. The highest BCUT2D eigenvalue weighted by Gasteiger charge is 2.47. The van der Waals surface area contributed by atoms with E-state index in [0.29, 0.717) is 51.3 Å². The van der Waals surface area contributed by atoms with Gasteiger partial charge >= 0.3 is 0 Å². The van der Waals surface area contributed by atoms with E-state index in [4.69, 9.17) is 33.7 Å². The standard InChI is InChI=1S/C62H62N4O17S/c67-26-44-51(70)54(73)57(76)60(81-44)79-33-12-6-30(7-13-33)48-38-20-18-36(63-38)47(29-4-2-1-3-5-29)37-19-21-39(64-37)49(31-8-14-34(15-9-31)80-61-58(77)55(74)52(71)45(27-68)82-61)41-23-25-43(66-41)50(42-24-22-40(48)65-42)32-10-16-35(17-11-32)84-62-59(78)56(75)53(72)46(28-69)83-62/h1-22,24,44-46,51-62,64-65,67-78H,23,25-28H2/t44-,45-,46-,51+,52+,53+,54+,55+,56+,57+,58+,59+,60+,61-,62+/m1/s1. The molecule has 0 amide bonds. The predicted octanol–water partition coefficient (Wildman–Crippen LogP) is 3.19. The van der Waals surface area contributed by atoms with Crippen molar-refractivity contribution in [3.63, 3.8) is 0 Å². The zero-order chi connectivity index (χ0) is 58.5. The maximum Gasteiger partial charge on any atom is 0.229 e. The number of aryl methyl sites for hydroxylation is 2. The first-order chi connectivity index (χ1) is 40.7. The van der Waals surface area contributed by atoms with Gasteiger partial charge in [-0.05, 0) is 108 Å². The fourth-order valence-corrected chi connectivity index (χ4v) is 12.4. The van der Waals surface area contributed by atoms with Gasteiger partial charge < -0.3 is 94.9 Å². The molecule has 0 unspecified atom stereocenters.